The second-order valence-corrected chi connectivity index (χ2v) is 7.57. The van der Waals surface area contributed by atoms with Gasteiger partial charge in [0.2, 0.25) is 0 Å². The Kier molecular flexibility index (Phi) is 5.81. The molecule has 0 bridgehead atoms. The summed E-state index contributed by atoms with van der Waals surface area (Å²) in [6, 6.07) is 14.0. The predicted molar refractivity (Wildman–Crippen MR) is 103 cm³/mol. The van der Waals surface area contributed by atoms with Crippen LogP contribution in [-0.4, -0.2) is 42.3 Å². The predicted octanol–water partition coefficient (Wildman–Crippen LogP) is 2.89. The van der Waals surface area contributed by atoms with Gasteiger partial charge >= 0.3 is 0 Å². The molecule has 2 aromatic rings. The highest BCUT2D eigenvalue weighted by Crippen LogP contribution is 2.32. The number of thioether (sulfide) groups is 1. The number of methoxy groups -OCH3 is 1. The SMILES string of the molecule is COc1ccc(C(=O)COc2ccc(CC3(C=O)CNC(=O)S3)cc2)cc1. The molecule has 0 aliphatic carbocycles. The van der Waals surface area contributed by atoms with E-state index in [1.165, 1.54) is 0 Å². The first-order valence-corrected chi connectivity index (χ1v) is 9.17. The van der Waals surface area contributed by atoms with Crippen LogP contribution < -0.4 is 14.8 Å². The summed E-state index contributed by atoms with van der Waals surface area (Å²) < 4.78 is 9.86. The van der Waals surface area contributed by atoms with E-state index in [2.05, 4.69) is 5.32 Å². The summed E-state index contributed by atoms with van der Waals surface area (Å²) in [6.07, 6.45) is 1.28. The van der Waals surface area contributed by atoms with Crippen LogP contribution in [0.3, 0.4) is 0 Å². The number of Topliss-reactive ketones (excluding diaryl/α,β-unsaturated/α-hetero) is 1. The number of ketones is 1. The van der Waals surface area contributed by atoms with Crippen molar-refractivity contribution in [2.75, 3.05) is 20.3 Å². The smallest absolute Gasteiger partial charge is 0.280 e. The molecule has 3 rings (SSSR count). The fourth-order valence-corrected chi connectivity index (χ4v) is 3.69. The number of benzene rings is 2. The summed E-state index contributed by atoms with van der Waals surface area (Å²) in [6.45, 7) is 0.257. The van der Waals surface area contributed by atoms with Crippen LogP contribution in [0.4, 0.5) is 4.79 Å². The highest BCUT2D eigenvalue weighted by atomic mass is 32.2. The lowest BCUT2D eigenvalue weighted by molar-refractivity contribution is -0.109. The zero-order chi connectivity index (χ0) is 19.3. The van der Waals surface area contributed by atoms with E-state index >= 15 is 0 Å². The quantitative estimate of drug-likeness (QED) is 0.556. The van der Waals surface area contributed by atoms with Crippen molar-refractivity contribution in [3.05, 3.63) is 59.7 Å². The molecule has 140 valence electrons. The summed E-state index contributed by atoms with van der Waals surface area (Å²) >= 11 is 1.02. The van der Waals surface area contributed by atoms with Gasteiger partial charge in [0.1, 0.15) is 22.5 Å². The number of hydrogen-bond acceptors (Lipinski definition) is 6. The fourth-order valence-electron chi connectivity index (χ4n) is 2.74. The number of amides is 1. The van der Waals surface area contributed by atoms with E-state index in [1.807, 2.05) is 12.1 Å². The number of hydrogen-bond donors (Lipinski definition) is 1. The molecule has 0 aromatic heterocycles. The third kappa shape index (κ3) is 4.68. The zero-order valence-electron chi connectivity index (χ0n) is 14.8. The van der Waals surface area contributed by atoms with Crippen molar-refractivity contribution < 1.29 is 23.9 Å². The van der Waals surface area contributed by atoms with E-state index in [0.717, 1.165) is 23.6 Å². The molecule has 0 saturated carbocycles. The van der Waals surface area contributed by atoms with Gasteiger partial charge in [-0.05, 0) is 60.1 Å². The number of ether oxygens (including phenoxy) is 2. The normalized spacial score (nSPS) is 18.6. The third-order valence-corrected chi connectivity index (χ3v) is 5.37. The minimum Gasteiger partial charge on any atom is -0.497 e. The molecule has 1 unspecified atom stereocenters. The molecular formula is C20H19NO5S. The van der Waals surface area contributed by atoms with E-state index in [0.29, 0.717) is 30.0 Å². The van der Waals surface area contributed by atoms with Crippen LogP contribution in [0.5, 0.6) is 11.5 Å². The van der Waals surface area contributed by atoms with Gasteiger partial charge in [0.05, 0.1) is 7.11 Å². The molecule has 6 nitrogen and oxygen atoms in total. The largest absolute Gasteiger partial charge is 0.497 e. The van der Waals surface area contributed by atoms with Gasteiger partial charge in [-0.1, -0.05) is 12.1 Å². The van der Waals surface area contributed by atoms with Crippen molar-refractivity contribution >= 4 is 29.1 Å². The van der Waals surface area contributed by atoms with E-state index in [-0.39, 0.29) is 17.6 Å². The minimum absolute atomic E-state index is 0.0712. The summed E-state index contributed by atoms with van der Waals surface area (Å²) in [5.74, 6) is 1.12. The van der Waals surface area contributed by atoms with E-state index in [4.69, 9.17) is 9.47 Å². The average Bonchev–Trinajstić information content (AvgIpc) is 3.08. The second kappa shape index (κ2) is 8.26. The van der Waals surface area contributed by atoms with Gasteiger partial charge in [-0.15, -0.1) is 0 Å². The maximum atomic E-state index is 12.2. The Morgan fingerprint density at radius 1 is 1.15 bits per heavy atom. The third-order valence-electron chi connectivity index (χ3n) is 4.25. The summed E-state index contributed by atoms with van der Waals surface area (Å²) in [7, 11) is 1.57. The molecule has 0 spiro atoms. The number of nitrogens with one attached hydrogen (secondary N) is 1. The van der Waals surface area contributed by atoms with Gasteiger partial charge in [0.15, 0.2) is 12.4 Å². The lowest BCUT2D eigenvalue weighted by Crippen LogP contribution is -2.33. The zero-order valence-corrected chi connectivity index (χ0v) is 15.6. The van der Waals surface area contributed by atoms with E-state index in [1.54, 1.807) is 43.5 Å². The first kappa shape index (κ1) is 19.0. The van der Waals surface area contributed by atoms with Crippen LogP contribution in [0, 0.1) is 0 Å². The van der Waals surface area contributed by atoms with Crippen molar-refractivity contribution in [1.82, 2.24) is 5.32 Å². The van der Waals surface area contributed by atoms with Crippen molar-refractivity contribution in [3.63, 3.8) is 0 Å². The van der Waals surface area contributed by atoms with Crippen LogP contribution in [0.1, 0.15) is 15.9 Å². The molecule has 1 N–H and O–H groups in total. The van der Waals surface area contributed by atoms with Gasteiger partial charge in [0.25, 0.3) is 5.24 Å². The Balaban J connectivity index is 1.56. The van der Waals surface area contributed by atoms with Gasteiger partial charge in [0, 0.05) is 12.1 Å². The van der Waals surface area contributed by atoms with E-state index in [9.17, 15) is 14.4 Å². The average molecular weight is 385 g/mol. The number of carbonyl (C=O) groups excluding carboxylic acids is 3. The van der Waals surface area contributed by atoms with Gasteiger partial charge < -0.3 is 19.6 Å². The van der Waals surface area contributed by atoms with Gasteiger partial charge in [-0.2, -0.15) is 0 Å². The molecule has 0 radical (unpaired) electrons. The molecule has 7 heteroatoms. The first-order chi connectivity index (χ1) is 13.0. The fraction of sp³-hybridized carbons (Fsp3) is 0.250. The highest BCUT2D eigenvalue weighted by molar-refractivity contribution is 8.15. The standard InChI is InChI=1S/C20H19NO5S/c1-25-16-8-4-15(5-9-16)18(23)11-26-17-6-2-14(3-7-17)10-20(13-22)12-21-19(24)27-20/h2-9,13H,10-12H2,1H3,(H,21,24). The molecule has 1 aliphatic rings. The monoisotopic (exact) mass is 385 g/mol. The lowest BCUT2D eigenvalue weighted by atomic mass is 9.99. The van der Waals surface area contributed by atoms with Crippen molar-refractivity contribution in [3.8, 4) is 11.5 Å². The molecule has 1 aliphatic heterocycles. The maximum absolute atomic E-state index is 12.2. The molecule has 1 fully saturated rings. The van der Waals surface area contributed by atoms with Gasteiger partial charge in [-0.25, -0.2) is 0 Å². The first-order valence-electron chi connectivity index (χ1n) is 8.36. The van der Waals surface area contributed by atoms with Crippen molar-refractivity contribution in [2.24, 2.45) is 0 Å². The summed E-state index contributed by atoms with van der Waals surface area (Å²) in [4.78, 5) is 35.0. The Hall–Kier alpha value is -2.80. The number of carbonyl (C=O) groups is 3. The lowest BCUT2D eigenvalue weighted by Gasteiger charge is -2.18. The molecule has 1 amide bonds. The molecule has 2 aromatic carbocycles. The molecule has 1 saturated heterocycles. The van der Waals surface area contributed by atoms with Crippen LogP contribution in [0.2, 0.25) is 0 Å². The van der Waals surface area contributed by atoms with Crippen LogP contribution in [0.15, 0.2) is 48.5 Å². The second-order valence-electron chi connectivity index (χ2n) is 6.19. The molecule has 27 heavy (non-hydrogen) atoms. The van der Waals surface area contributed by atoms with E-state index < -0.39 is 4.75 Å². The Morgan fingerprint density at radius 3 is 2.37 bits per heavy atom. The molecule has 1 heterocycles. The molecular weight excluding hydrogens is 366 g/mol. The topological polar surface area (TPSA) is 81.7 Å². The Bertz CT molecular complexity index is 834. The maximum Gasteiger partial charge on any atom is 0.280 e. The minimum atomic E-state index is -0.760. The number of rotatable bonds is 8. The Morgan fingerprint density at radius 2 is 1.81 bits per heavy atom. The highest BCUT2D eigenvalue weighted by Gasteiger charge is 2.39. The van der Waals surface area contributed by atoms with Crippen molar-refractivity contribution in [2.45, 2.75) is 11.2 Å². The van der Waals surface area contributed by atoms with Crippen LogP contribution in [-0.2, 0) is 11.2 Å². The number of aldehydes is 1. The van der Waals surface area contributed by atoms with Crippen molar-refractivity contribution in [1.29, 1.82) is 0 Å². The molecule has 1 atom stereocenters. The Labute approximate surface area is 161 Å². The van der Waals surface area contributed by atoms with Gasteiger partial charge in [-0.3, -0.25) is 9.59 Å². The summed E-state index contributed by atoms with van der Waals surface area (Å²) in [5.41, 5.74) is 1.47. The summed E-state index contributed by atoms with van der Waals surface area (Å²) in [5, 5.41) is 2.49. The van der Waals surface area contributed by atoms with Crippen LogP contribution in [0.25, 0.3) is 0 Å². The van der Waals surface area contributed by atoms with Crippen LogP contribution >= 0.6 is 11.8 Å².